The first kappa shape index (κ1) is 11.0. The van der Waals surface area contributed by atoms with E-state index in [-0.39, 0.29) is 5.78 Å². The van der Waals surface area contributed by atoms with Crippen LogP contribution >= 0.6 is 15.9 Å². The first-order valence-electron chi connectivity index (χ1n) is 4.75. The van der Waals surface area contributed by atoms with E-state index in [0.29, 0.717) is 11.1 Å². The number of rotatable bonds is 2. The van der Waals surface area contributed by atoms with E-state index in [1.54, 1.807) is 6.07 Å². The third kappa shape index (κ3) is 2.02. The van der Waals surface area contributed by atoms with Gasteiger partial charge >= 0.3 is 0 Å². The summed E-state index contributed by atoms with van der Waals surface area (Å²) in [7, 11) is 0. The molecular weight excluding hydrogens is 268 g/mol. The van der Waals surface area contributed by atoms with Crippen molar-refractivity contribution in [3.05, 3.63) is 58.1 Å². The molecule has 2 rings (SSSR count). The van der Waals surface area contributed by atoms with E-state index in [1.807, 2.05) is 19.1 Å². The number of carbonyl (C=O) groups is 1. The van der Waals surface area contributed by atoms with Crippen LogP contribution in [0.3, 0.4) is 0 Å². The predicted molar refractivity (Wildman–Crippen MR) is 64.3 cm³/mol. The maximum absolute atomic E-state index is 12.1. The molecule has 0 spiro atoms. The first-order valence-corrected chi connectivity index (χ1v) is 5.54. The van der Waals surface area contributed by atoms with Crippen LogP contribution in [-0.4, -0.2) is 15.8 Å². The van der Waals surface area contributed by atoms with Crippen LogP contribution < -0.4 is 0 Å². The molecule has 4 heteroatoms. The van der Waals surface area contributed by atoms with E-state index in [4.69, 9.17) is 0 Å². The zero-order valence-corrected chi connectivity index (χ0v) is 10.2. The Kier molecular flexibility index (Phi) is 3.10. The van der Waals surface area contributed by atoms with Crippen LogP contribution in [0.25, 0.3) is 0 Å². The van der Waals surface area contributed by atoms with Crippen LogP contribution in [0.15, 0.2) is 41.4 Å². The lowest BCUT2D eigenvalue weighted by molar-refractivity contribution is 0.103. The maximum atomic E-state index is 12.1. The third-order valence-electron chi connectivity index (χ3n) is 2.34. The quantitative estimate of drug-likeness (QED) is 0.793. The van der Waals surface area contributed by atoms with Crippen molar-refractivity contribution in [3.8, 4) is 0 Å². The highest BCUT2D eigenvalue weighted by molar-refractivity contribution is 9.10. The summed E-state index contributed by atoms with van der Waals surface area (Å²) >= 11 is 3.40. The number of hydrogen-bond donors (Lipinski definition) is 0. The molecular formula is C12H9BrN2O. The predicted octanol–water partition coefficient (Wildman–Crippen LogP) is 2.78. The molecule has 1 aromatic carbocycles. The van der Waals surface area contributed by atoms with Crippen molar-refractivity contribution in [2.24, 2.45) is 0 Å². The molecule has 16 heavy (non-hydrogen) atoms. The van der Waals surface area contributed by atoms with E-state index in [1.165, 1.54) is 18.7 Å². The van der Waals surface area contributed by atoms with Crippen molar-refractivity contribution in [2.75, 3.05) is 0 Å². The second-order valence-electron chi connectivity index (χ2n) is 3.37. The first-order chi connectivity index (χ1) is 7.70. The second kappa shape index (κ2) is 4.53. The number of aromatic nitrogens is 2. The van der Waals surface area contributed by atoms with Crippen molar-refractivity contribution in [1.82, 2.24) is 9.97 Å². The Bertz CT molecular complexity index is 526. The summed E-state index contributed by atoms with van der Waals surface area (Å²) in [5.74, 6) is -0.0561. The second-order valence-corrected chi connectivity index (χ2v) is 4.22. The van der Waals surface area contributed by atoms with Crippen molar-refractivity contribution in [3.63, 3.8) is 0 Å². The summed E-state index contributed by atoms with van der Waals surface area (Å²) in [6.45, 7) is 1.90. The summed E-state index contributed by atoms with van der Waals surface area (Å²) in [6, 6.07) is 5.55. The number of hydrogen-bond acceptors (Lipinski definition) is 3. The Balaban J connectivity index is 2.46. The molecule has 0 aliphatic carbocycles. The molecule has 0 bridgehead atoms. The van der Waals surface area contributed by atoms with Crippen LogP contribution in [0.1, 0.15) is 21.5 Å². The Morgan fingerprint density at radius 1 is 1.25 bits per heavy atom. The third-order valence-corrected chi connectivity index (χ3v) is 3.19. The average molecular weight is 277 g/mol. The van der Waals surface area contributed by atoms with Crippen molar-refractivity contribution < 1.29 is 4.79 Å². The molecule has 0 aliphatic rings. The molecule has 0 radical (unpaired) electrons. The van der Waals surface area contributed by atoms with Gasteiger partial charge in [-0.05, 0) is 18.6 Å². The van der Waals surface area contributed by atoms with E-state index >= 15 is 0 Å². The van der Waals surface area contributed by atoms with Gasteiger partial charge in [-0.3, -0.25) is 4.79 Å². The maximum Gasteiger partial charge on any atom is 0.196 e. The van der Waals surface area contributed by atoms with Crippen LogP contribution in [0.5, 0.6) is 0 Å². The molecule has 1 aromatic heterocycles. The standard InChI is InChI=1S/C12H9BrN2O/c1-8-10(3-2-4-11(8)13)12(16)9-5-14-7-15-6-9/h2-7H,1H3. The monoisotopic (exact) mass is 276 g/mol. The smallest absolute Gasteiger partial charge is 0.196 e. The minimum atomic E-state index is -0.0561. The Morgan fingerprint density at radius 3 is 2.62 bits per heavy atom. The van der Waals surface area contributed by atoms with Gasteiger partial charge in [0.1, 0.15) is 6.33 Å². The lowest BCUT2D eigenvalue weighted by Crippen LogP contribution is -2.04. The number of carbonyl (C=O) groups excluding carboxylic acids is 1. The summed E-state index contributed by atoms with van der Waals surface area (Å²) in [4.78, 5) is 19.8. The van der Waals surface area contributed by atoms with Crippen LogP contribution in [0, 0.1) is 6.92 Å². The highest BCUT2D eigenvalue weighted by Crippen LogP contribution is 2.21. The summed E-state index contributed by atoms with van der Waals surface area (Å²) < 4.78 is 0.926. The molecule has 1 heterocycles. The van der Waals surface area contributed by atoms with Gasteiger partial charge < -0.3 is 0 Å². The number of halogens is 1. The molecule has 3 nitrogen and oxygen atoms in total. The summed E-state index contributed by atoms with van der Waals surface area (Å²) in [5.41, 5.74) is 2.10. The molecule has 2 aromatic rings. The molecule has 0 atom stereocenters. The van der Waals surface area contributed by atoms with Gasteiger partial charge in [-0.25, -0.2) is 9.97 Å². The summed E-state index contributed by atoms with van der Waals surface area (Å²) in [6.07, 6.45) is 4.45. The molecule has 80 valence electrons. The van der Waals surface area contributed by atoms with E-state index in [2.05, 4.69) is 25.9 Å². The van der Waals surface area contributed by atoms with Crippen LogP contribution in [0.4, 0.5) is 0 Å². The van der Waals surface area contributed by atoms with E-state index in [9.17, 15) is 4.79 Å². The highest BCUT2D eigenvalue weighted by Gasteiger charge is 2.13. The fraction of sp³-hybridized carbons (Fsp3) is 0.0833. The van der Waals surface area contributed by atoms with Gasteiger partial charge in [0.25, 0.3) is 0 Å². The Hall–Kier alpha value is -1.55. The largest absolute Gasteiger partial charge is 0.288 e. The number of benzene rings is 1. The molecule has 0 N–H and O–H groups in total. The van der Waals surface area contributed by atoms with Gasteiger partial charge in [0.05, 0.1) is 5.56 Å². The topological polar surface area (TPSA) is 42.9 Å². The normalized spacial score (nSPS) is 10.1. The fourth-order valence-corrected chi connectivity index (χ4v) is 1.79. The zero-order valence-electron chi connectivity index (χ0n) is 8.64. The molecule has 0 saturated heterocycles. The van der Waals surface area contributed by atoms with Gasteiger partial charge in [-0.1, -0.05) is 28.1 Å². The number of ketones is 1. The number of nitrogens with zero attached hydrogens (tertiary/aromatic N) is 2. The van der Waals surface area contributed by atoms with E-state index in [0.717, 1.165) is 10.0 Å². The molecule has 0 saturated carbocycles. The highest BCUT2D eigenvalue weighted by atomic mass is 79.9. The Labute approximate surface area is 102 Å². The van der Waals surface area contributed by atoms with Gasteiger partial charge in [-0.15, -0.1) is 0 Å². The molecule has 0 fully saturated rings. The lowest BCUT2D eigenvalue weighted by atomic mass is 10.0. The van der Waals surface area contributed by atoms with Gasteiger partial charge in [0, 0.05) is 22.4 Å². The zero-order chi connectivity index (χ0) is 11.5. The SMILES string of the molecule is Cc1c(Br)cccc1C(=O)c1cncnc1. The molecule has 0 unspecified atom stereocenters. The van der Waals surface area contributed by atoms with Crippen molar-refractivity contribution >= 4 is 21.7 Å². The van der Waals surface area contributed by atoms with Gasteiger partial charge in [-0.2, -0.15) is 0 Å². The summed E-state index contributed by atoms with van der Waals surface area (Å²) in [5, 5.41) is 0. The molecule has 0 amide bonds. The van der Waals surface area contributed by atoms with Crippen molar-refractivity contribution in [1.29, 1.82) is 0 Å². The minimum absolute atomic E-state index is 0.0561. The van der Waals surface area contributed by atoms with Gasteiger partial charge in [0.15, 0.2) is 5.78 Å². The van der Waals surface area contributed by atoms with E-state index < -0.39 is 0 Å². The fourth-order valence-electron chi connectivity index (χ4n) is 1.43. The van der Waals surface area contributed by atoms with Crippen LogP contribution in [-0.2, 0) is 0 Å². The minimum Gasteiger partial charge on any atom is -0.288 e. The van der Waals surface area contributed by atoms with Crippen LogP contribution in [0.2, 0.25) is 0 Å². The molecule has 0 aliphatic heterocycles. The average Bonchev–Trinajstić information content (AvgIpc) is 2.33. The Morgan fingerprint density at radius 2 is 1.94 bits per heavy atom. The van der Waals surface area contributed by atoms with Gasteiger partial charge in [0.2, 0.25) is 0 Å². The lowest BCUT2D eigenvalue weighted by Gasteiger charge is -2.05. The van der Waals surface area contributed by atoms with Crippen molar-refractivity contribution in [2.45, 2.75) is 6.92 Å².